The lowest BCUT2D eigenvalue weighted by molar-refractivity contribution is -0.137. The summed E-state index contributed by atoms with van der Waals surface area (Å²) in [5.41, 5.74) is 5.13. The summed E-state index contributed by atoms with van der Waals surface area (Å²) >= 11 is 4.44. The van der Waals surface area contributed by atoms with Gasteiger partial charge in [-0.25, -0.2) is 34.0 Å². The first-order valence-corrected chi connectivity index (χ1v) is 41.3. The van der Waals surface area contributed by atoms with Crippen LogP contribution in [0.15, 0.2) is 297 Å². The first-order chi connectivity index (χ1) is 54.7. The molecule has 586 valence electrons. The van der Waals surface area contributed by atoms with Crippen molar-refractivity contribution in [3.05, 3.63) is 295 Å². The molecule has 22 nitrogen and oxygen atoms in total. The van der Waals surface area contributed by atoms with Gasteiger partial charge in [-0.15, -0.1) is 11.8 Å². The van der Waals surface area contributed by atoms with Crippen LogP contribution in [-0.4, -0.2) is 113 Å². The molecule has 29 heteroatoms. The molecule has 0 saturated carbocycles. The highest BCUT2D eigenvalue weighted by Gasteiger charge is 2.26. The van der Waals surface area contributed by atoms with Crippen molar-refractivity contribution in [1.82, 2.24) is 0 Å². The molecule has 0 aliphatic carbocycles. The summed E-state index contributed by atoms with van der Waals surface area (Å²) in [5, 5.41) is 63.3. The molecule has 0 saturated heterocycles. The zero-order valence-electron chi connectivity index (χ0n) is 60.4. The van der Waals surface area contributed by atoms with E-state index in [0.29, 0.717) is 48.6 Å². The van der Waals surface area contributed by atoms with Crippen molar-refractivity contribution < 1.29 is 88.5 Å². The van der Waals surface area contributed by atoms with E-state index in [1.165, 1.54) is 78.9 Å². The molecular weight excluding hydrogens is 1610 g/mol. The first-order valence-electron chi connectivity index (χ1n) is 35.1. The summed E-state index contributed by atoms with van der Waals surface area (Å²) in [6.45, 7) is 0.769. The SMILES string of the molecule is O=C(O)CCN(CCOc1ccccc1)c1cc(NS(=O)(=O)c2ccc(Br)cc2)c2ccccc2c1O.O=C(O)CCN(COCc1ccccc1)c1cc(NS(=O)(=O)c2ccc(-c3ccc(F)cc3)cc2)c2ccccc2c1O.O=C(O)CCSc1cc(NS(=O)(=O)c2ccc(-c3ccc(F)cc3)cc2)c2ccccc2c1O. The van der Waals surface area contributed by atoms with E-state index < -0.39 is 48.0 Å². The molecule has 0 fully saturated rings. The van der Waals surface area contributed by atoms with Crippen molar-refractivity contribution in [3.63, 3.8) is 0 Å². The fraction of sp³-hybridized carbons (Fsp3) is 0.118. The van der Waals surface area contributed by atoms with Gasteiger partial charge in [0.15, 0.2) is 0 Å². The number of anilines is 5. The van der Waals surface area contributed by atoms with Gasteiger partial charge in [-0.2, -0.15) is 0 Å². The smallest absolute Gasteiger partial charge is 0.305 e. The average Bonchev–Trinajstić information content (AvgIpc) is 0.776. The van der Waals surface area contributed by atoms with Gasteiger partial charge in [0.05, 0.1) is 80.4 Å². The molecule has 0 bridgehead atoms. The van der Waals surface area contributed by atoms with E-state index >= 15 is 0 Å². The summed E-state index contributed by atoms with van der Waals surface area (Å²) in [7, 11) is -12.0. The Hall–Kier alpha value is -12.3. The Morgan fingerprint density at radius 2 is 0.754 bits per heavy atom. The number of hydrogen-bond acceptors (Lipinski definition) is 17. The number of sulfonamides is 3. The topological polar surface area (TPSA) is 336 Å². The fourth-order valence-electron chi connectivity index (χ4n) is 12.0. The Bertz CT molecular complexity index is 5940. The van der Waals surface area contributed by atoms with E-state index in [4.69, 9.17) is 14.6 Å². The minimum atomic E-state index is -4.08. The van der Waals surface area contributed by atoms with Crippen molar-refractivity contribution in [2.24, 2.45) is 0 Å². The summed E-state index contributed by atoms with van der Waals surface area (Å²) < 4.78 is 126. The summed E-state index contributed by atoms with van der Waals surface area (Å²) in [4.78, 5) is 37.4. The lowest BCUT2D eigenvalue weighted by atomic mass is 10.1. The van der Waals surface area contributed by atoms with Gasteiger partial charge >= 0.3 is 17.9 Å². The van der Waals surface area contributed by atoms with Crippen LogP contribution in [0.25, 0.3) is 54.6 Å². The van der Waals surface area contributed by atoms with Crippen molar-refractivity contribution in [3.8, 4) is 45.3 Å². The van der Waals surface area contributed by atoms with E-state index in [0.717, 1.165) is 44.1 Å². The monoisotopic (exact) mass is 1680 g/mol. The number of carboxylic acid groups (broad SMARTS) is 3. The molecule has 0 aromatic heterocycles. The van der Waals surface area contributed by atoms with Gasteiger partial charge in [0.2, 0.25) is 0 Å². The minimum absolute atomic E-state index is 0.00555. The van der Waals surface area contributed by atoms with E-state index in [2.05, 4.69) is 30.1 Å². The number of phenols is 3. The molecule has 9 N–H and O–H groups in total. The molecule has 0 amide bonds. The van der Waals surface area contributed by atoms with Gasteiger partial charge < -0.3 is 49.9 Å². The highest BCUT2D eigenvalue weighted by molar-refractivity contribution is 9.10. The molecule has 13 aromatic rings. The number of thioether (sulfide) groups is 1. The van der Waals surface area contributed by atoms with Crippen molar-refractivity contribution >= 4 is 136 Å². The Balaban J connectivity index is 0.000000170. The molecule has 0 spiro atoms. The number of halogens is 3. The number of nitrogens with one attached hydrogen (secondary N) is 3. The van der Waals surface area contributed by atoms with Crippen LogP contribution in [0.5, 0.6) is 23.0 Å². The number of hydrogen-bond donors (Lipinski definition) is 9. The lowest BCUT2D eigenvalue weighted by Crippen LogP contribution is -2.31. The predicted octanol–water partition coefficient (Wildman–Crippen LogP) is 17.8. The van der Waals surface area contributed by atoms with Crippen molar-refractivity contribution in [2.45, 2.75) is 45.5 Å². The number of fused-ring (bicyclic) bond motifs is 3. The average molecular weight is 1680 g/mol. The van der Waals surface area contributed by atoms with E-state index in [9.17, 15) is 74.0 Å². The Labute approximate surface area is 668 Å². The maximum Gasteiger partial charge on any atom is 0.305 e. The van der Waals surface area contributed by atoms with Crippen LogP contribution >= 0.6 is 27.7 Å². The van der Waals surface area contributed by atoms with Crippen LogP contribution in [-0.2, 0) is 55.8 Å². The minimum Gasteiger partial charge on any atom is -0.506 e. The van der Waals surface area contributed by atoms with Crippen LogP contribution in [0, 0.1) is 11.6 Å². The number of carboxylic acids is 3. The quantitative estimate of drug-likeness (QED) is 0.0111. The number of carbonyl (C=O) groups is 3. The molecule has 13 rings (SSSR count). The Kier molecular flexibility index (Phi) is 27.5. The number of benzene rings is 13. The van der Waals surface area contributed by atoms with E-state index in [1.807, 2.05) is 60.7 Å². The molecule has 13 aromatic carbocycles. The lowest BCUT2D eigenvalue weighted by Gasteiger charge is -2.27. The number of rotatable bonds is 31. The first kappa shape index (κ1) is 82.7. The van der Waals surface area contributed by atoms with Gasteiger partial charge in [-0.05, 0) is 131 Å². The number of para-hydroxylation sites is 1. The van der Waals surface area contributed by atoms with Crippen LogP contribution < -0.4 is 28.7 Å². The second kappa shape index (κ2) is 37.8. The zero-order chi connectivity index (χ0) is 81.1. The van der Waals surface area contributed by atoms with Crippen LogP contribution in [0.3, 0.4) is 0 Å². The third-order valence-electron chi connectivity index (χ3n) is 17.7. The van der Waals surface area contributed by atoms with Crippen molar-refractivity contribution in [2.75, 3.05) is 62.7 Å². The van der Waals surface area contributed by atoms with Crippen LogP contribution in [0.2, 0.25) is 0 Å². The van der Waals surface area contributed by atoms with Crippen LogP contribution in [0.4, 0.5) is 37.2 Å². The highest BCUT2D eigenvalue weighted by atomic mass is 79.9. The third-order valence-corrected chi connectivity index (χ3v) is 23.4. The van der Waals surface area contributed by atoms with Gasteiger partial charge in [0.25, 0.3) is 30.1 Å². The molecule has 0 atom stereocenters. The fourth-order valence-corrected chi connectivity index (χ4v) is 16.4. The third kappa shape index (κ3) is 21.7. The highest BCUT2D eigenvalue weighted by Crippen LogP contribution is 2.45. The predicted molar refractivity (Wildman–Crippen MR) is 442 cm³/mol. The van der Waals surface area contributed by atoms with E-state index in [-0.39, 0.29) is 131 Å². The summed E-state index contributed by atoms with van der Waals surface area (Å²) in [6, 6.07) is 74.0. The normalized spacial score (nSPS) is 11.4. The number of aliphatic carboxylic acids is 3. The molecule has 0 aliphatic rings. The number of ether oxygens (including phenoxy) is 2. The number of nitrogens with zero attached hydrogens (tertiary/aromatic N) is 2. The Morgan fingerprint density at radius 1 is 0.404 bits per heavy atom. The Morgan fingerprint density at radius 3 is 1.18 bits per heavy atom. The van der Waals surface area contributed by atoms with E-state index in [1.54, 1.807) is 143 Å². The van der Waals surface area contributed by atoms with Gasteiger partial charge in [-0.1, -0.05) is 186 Å². The molecule has 0 radical (unpaired) electrons. The second-order valence-electron chi connectivity index (χ2n) is 25.5. The van der Waals surface area contributed by atoms with Crippen molar-refractivity contribution in [1.29, 1.82) is 0 Å². The maximum atomic E-state index is 13.5. The number of phenolic OH excluding ortho intramolecular Hbond substituents is 3. The summed E-state index contributed by atoms with van der Waals surface area (Å²) in [6.07, 6.45) is -0.515. The van der Waals surface area contributed by atoms with Gasteiger partial charge in [0, 0.05) is 55.6 Å². The van der Waals surface area contributed by atoms with Gasteiger partial charge in [-0.3, -0.25) is 28.5 Å². The van der Waals surface area contributed by atoms with Gasteiger partial charge in [0.1, 0.15) is 48.0 Å². The standard InChI is InChI=1S/C33H29FN2O6S.C27H25BrN2O6S.C25H20FNO5S2/c34-26-14-10-24(11-15-26)25-12-16-27(17-13-25)43(40,41)35-30-20-31(33(39)29-9-5-4-8-28(29)30)36(19-18-32(37)38)22-42-21-23-6-2-1-3-7-23;28-19-10-12-21(13-11-19)37(34,35)29-24-18-25(27(33)23-9-5-4-8-22(23)24)30(15-14-26(31)32)16-17-36-20-6-2-1-3-7-20;26-18-9-5-16(6-10-18)17-7-11-19(12-8-17)34(31,32)27-22-15-23(33-14-13-24(28)29)25(30)21-4-2-1-3-20(21)22/h1-17,20,35,39H,18-19,21-22H2,(H,37,38);1-13,18,29,33H,14-17H2,(H,31,32);1-12,15,27,30H,13-14H2,(H,28,29). The second-order valence-corrected chi connectivity index (χ2v) is 32.6. The maximum absolute atomic E-state index is 13.5. The van der Waals surface area contributed by atoms with Crippen LogP contribution in [0.1, 0.15) is 24.8 Å². The molecule has 114 heavy (non-hydrogen) atoms. The molecule has 0 unspecified atom stereocenters. The molecule has 0 heterocycles. The zero-order valence-corrected chi connectivity index (χ0v) is 65.2. The molecular formula is C85H74BrF2N5O17S4. The molecule has 0 aliphatic heterocycles. The summed E-state index contributed by atoms with van der Waals surface area (Å²) in [5.74, 6) is -3.06. The largest absolute Gasteiger partial charge is 0.506 e. The number of aromatic hydroxyl groups is 3.